The van der Waals surface area contributed by atoms with Crippen LogP contribution in [0.25, 0.3) is 0 Å². The molecule has 0 bridgehead atoms. The van der Waals surface area contributed by atoms with E-state index in [-0.39, 0.29) is 5.54 Å². The molecule has 1 aromatic heterocycles. The van der Waals surface area contributed by atoms with Crippen molar-refractivity contribution < 1.29 is 0 Å². The number of aromatic nitrogens is 1. The molecule has 1 atom stereocenters. The lowest BCUT2D eigenvalue weighted by Gasteiger charge is -2.39. The summed E-state index contributed by atoms with van der Waals surface area (Å²) in [4.78, 5) is 6.89. The van der Waals surface area contributed by atoms with Gasteiger partial charge in [0.2, 0.25) is 0 Å². The van der Waals surface area contributed by atoms with Gasteiger partial charge in [-0.1, -0.05) is 25.5 Å². The van der Waals surface area contributed by atoms with Gasteiger partial charge in [-0.2, -0.15) is 0 Å². The Morgan fingerprint density at radius 2 is 1.95 bits per heavy atom. The summed E-state index contributed by atoms with van der Waals surface area (Å²) in [6.07, 6.45) is 8.65. The van der Waals surface area contributed by atoms with Crippen molar-refractivity contribution in [2.45, 2.75) is 46.1 Å². The third-order valence-corrected chi connectivity index (χ3v) is 4.07. The number of hydrogen-bond donors (Lipinski definition) is 0. The second-order valence-electron chi connectivity index (χ2n) is 6.04. The second kappa shape index (κ2) is 4.84. The average molecular weight is 256 g/mol. The molecular formula is C17H24N2. The highest BCUT2D eigenvalue weighted by molar-refractivity contribution is 5.40. The smallest absolute Gasteiger partial charge is 0.0823 e. The molecule has 1 aliphatic rings. The van der Waals surface area contributed by atoms with Gasteiger partial charge in [0.1, 0.15) is 0 Å². The normalized spacial score (nSPS) is 22.9. The quantitative estimate of drug-likeness (QED) is 0.790. The maximum Gasteiger partial charge on any atom is 0.0823 e. The molecular weight excluding hydrogens is 232 g/mol. The lowest BCUT2D eigenvalue weighted by molar-refractivity contribution is 0.258. The molecule has 0 saturated carbocycles. The van der Waals surface area contributed by atoms with Crippen molar-refractivity contribution in [1.82, 2.24) is 9.88 Å². The summed E-state index contributed by atoms with van der Waals surface area (Å²) in [5.74, 6) is 0.474. The number of rotatable bonds is 2. The Morgan fingerprint density at radius 3 is 2.53 bits per heavy atom. The van der Waals surface area contributed by atoms with Crippen LogP contribution in [0.4, 0.5) is 0 Å². The standard InChI is InChI=1S/C17H24N2/c1-12(2)16-9-14(4)15(11-18-16)17(5)10-13(3)7-8-19(17)6/h7-12H,1-6H3. The minimum Gasteiger partial charge on any atom is -0.367 e. The Balaban J connectivity index is 2.50. The van der Waals surface area contributed by atoms with Gasteiger partial charge >= 0.3 is 0 Å². The van der Waals surface area contributed by atoms with Crippen molar-refractivity contribution in [3.63, 3.8) is 0 Å². The molecule has 2 rings (SSSR count). The van der Waals surface area contributed by atoms with Crippen LogP contribution in [0.5, 0.6) is 0 Å². The fraction of sp³-hybridized carbons (Fsp3) is 0.471. The van der Waals surface area contributed by atoms with Crippen molar-refractivity contribution in [3.05, 3.63) is 53.0 Å². The Hall–Kier alpha value is -1.57. The molecule has 1 unspecified atom stereocenters. The van der Waals surface area contributed by atoms with Crippen molar-refractivity contribution >= 4 is 0 Å². The number of pyridine rings is 1. The van der Waals surface area contributed by atoms with Gasteiger partial charge in [-0.3, -0.25) is 4.98 Å². The summed E-state index contributed by atoms with van der Waals surface area (Å²) in [6, 6.07) is 2.22. The van der Waals surface area contributed by atoms with E-state index in [4.69, 9.17) is 0 Å². The van der Waals surface area contributed by atoms with Gasteiger partial charge in [0.05, 0.1) is 5.54 Å². The van der Waals surface area contributed by atoms with E-state index in [0.717, 1.165) is 0 Å². The highest BCUT2D eigenvalue weighted by Gasteiger charge is 2.31. The molecule has 0 fully saturated rings. The number of hydrogen-bond acceptors (Lipinski definition) is 2. The summed E-state index contributed by atoms with van der Waals surface area (Å²) >= 11 is 0. The van der Waals surface area contributed by atoms with Gasteiger partial charge in [-0.15, -0.1) is 0 Å². The largest absolute Gasteiger partial charge is 0.367 e. The van der Waals surface area contributed by atoms with Crippen molar-refractivity contribution in [2.24, 2.45) is 0 Å². The second-order valence-corrected chi connectivity index (χ2v) is 6.04. The van der Waals surface area contributed by atoms with Crippen LogP contribution < -0.4 is 0 Å². The maximum absolute atomic E-state index is 4.64. The first-order chi connectivity index (χ1) is 8.84. The first-order valence-corrected chi connectivity index (χ1v) is 6.92. The molecule has 102 valence electrons. The highest BCUT2D eigenvalue weighted by atomic mass is 15.2. The highest BCUT2D eigenvalue weighted by Crippen LogP contribution is 2.35. The molecule has 2 heterocycles. The van der Waals surface area contributed by atoms with E-state index in [1.807, 2.05) is 6.20 Å². The van der Waals surface area contributed by atoms with Crippen LogP contribution in [0.2, 0.25) is 0 Å². The molecule has 0 aromatic carbocycles. The first kappa shape index (κ1) is 13.9. The van der Waals surface area contributed by atoms with Crippen LogP contribution >= 0.6 is 0 Å². The predicted octanol–water partition coefficient (Wildman–Crippen LogP) is 4.13. The Morgan fingerprint density at radius 1 is 1.26 bits per heavy atom. The minimum absolute atomic E-state index is 0.106. The van der Waals surface area contributed by atoms with Crippen LogP contribution in [0, 0.1) is 6.92 Å². The topological polar surface area (TPSA) is 16.1 Å². The fourth-order valence-corrected chi connectivity index (χ4v) is 2.67. The zero-order chi connectivity index (χ0) is 14.2. The van der Waals surface area contributed by atoms with Gasteiger partial charge in [0.25, 0.3) is 0 Å². The Bertz CT molecular complexity index is 540. The summed E-state index contributed by atoms with van der Waals surface area (Å²) in [7, 11) is 2.12. The van der Waals surface area contributed by atoms with E-state index in [1.54, 1.807) is 0 Å². The molecule has 19 heavy (non-hydrogen) atoms. The zero-order valence-corrected chi connectivity index (χ0v) is 12.9. The number of aryl methyl sites for hydroxylation is 1. The Labute approximate surface area is 116 Å². The zero-order valence-electron chi connectivity index (χ0n) is 12.9. The first-order valence-electron chi connectivity index (χ1n) is 6.92. The maximum atomic E-state index is 4.64. The summed E-state index contributed by atoms with van der Waals surface area (Å²) in [5.41, 5.74) is 4.95. The van der Waals surface area contributed by atoms with E-state index in [9.17, 15) is 0 Å². The van der Waals surface area contributed by atoms with E-state index >= 15 is 0 Å². The fourth-order valence-electron chi connectivity index (χ4n) is 2.67. The molecule has 0 saturated heterocycles. The summed E-state index contributed by atoms with van der Waals surface area (Å²) < 4.78 is 0. The van der Waals surface area contributed by atoms with Crippen molar-refractivity contribution in [2.75, 3.05) is 7.05 Å². The van der Waals surface area contributed by atoms with E-state index in [0.29, 0.717) is 5.92 Å². The van der Waals surface area contributed by atoms with Gasteiger partial charge in [-0.05, 0) is 44.4 Å². The lowest BCUT2D eigenvalue weighted by Crippen LogP contribution is -2.38. The average Bonchev–Trinajstić information content (AvgIpc) is 2.33. The molecule has 1 aliphatic heterocycles. The molecule has 0 radical (unpaired) electrons. The monoisotopic (exact) mass is 256 g/mol. The van der Waals surface area contributed by atoms with Gasteiger partial charge in [0, 0.05) is 30.7 Å². The molecule has 2 heteroatoms. The van der Waals surface area contributed by atoms with Crippen LogP contribution in [-0.4, -0.2) is 16.9 Å². The van der Waals surface area contributed by atoms with Crippen LogP contribution in [0.1, 0.15) is 50.4 Å². The molecule has 0 spiro atoms. The molecule has 0 N–H and O–H groups in total. The van der Waals surface area contributed by atoms with Gasteiger partial charge in [-0.25, -0.2) is 0 Å². The molecule has 0 amide bonds. The number of likely N-dealkylation sites (N-methyl/N-ethyl adjacent to an activating group) is 1. The molecule has 2 nitrogen and oxygen atoms in total. The van der Waals surface area contributed by atoms with Crippen LogP contribution in [-0.2, 0) is 5.54 Å². The third-order valence-electron chi connectivity index (χ3n) is 4.07. The molecule has 0 aliphatic carbocycles. The predicted molar refractivity (Wildman–Crippen MR) is 81.1 cm³/mol. The van der Waals surface area contributed by atoms with Crippen molar-refractivity contribution in [1.29, 1.82) is 0 Å². The van der Waals surface area contributed by atoms with Gasteiger partial charge < -0.3 is 4.90 Å². The van der Waals surface area contributed by atoms with E-state index in [1.165, 1.54) is 22.4 Å². The lowest BCUT2D eigenvalue weighted by atomic mass is 9.85. The van der Waals surface area contributed by atoms with Crippen molar-refractivity contribution in [3.8, 4) is 0 Å². The number of allylic oxidation sites excluding steroid dienone is 2. The van der Waals surface area contributed by atoms with Crippen LogP contribution in [0.15, 0.2) is 36.2 Å². The van der Waals surface area contributed by atoms with E-state index in [2.05, 4.69) is 76.0 Å². The Kier molecular flexibility index (Phi) is 3.53. The van der Waals surface area contributed by atoms with Gasteiger partial charge in [0.15, 0.2) is 0 Å². The van der Waals surface area contributed by atoms with E-state index < -0.39 is 0 Å². The summed E-state index contributed by atoms with van der Waals surface area (Å²) in [5, 5.41) is 0. The third kappa shape index (κ3) is 2.44. The number of nitrogens with zero attached hydrogens (tertiary/aromatic N) is 2. The van der Waals surface area contributed by atoms with Crippen LogP contribution in [0.3, 0.4) is 0 Å². The summed E-state index contributed by atoms with van der Waals surface area (Å²) in [6.45, 7) is 10.9. The molecule has 1 aromatic rings. The SMILES string of the molecule is CC1=CC(C)(c2cnc(C(C)C)cc2C)N(C)C=C1. The minimum atomic E-state index is -0.106.